The first-order valence-corrected chi connectivity index (χ1v) is 40.6. The number of furan rings is 2. The molecule has 0 radical (unpaired) electrons. The maximum atomic E-state index is 6.62. The van der Waals surface area contributed by atoms with E-state index in [0.717, 1.165) is 137 Å². The number of nitrogens with zero attached hydrogens (tertiary/aromatic N) is 2. The van der Waals surface area contributed by atoms with E-state index in [-0.39, 0.29) is 10.8 Å². The van der Waals surface area contributed by atoms with Crippen LogP contribution in [0.2, 0.25) is 0 Å². The van der Waals surface area contributed by atoms with Crippen LogP contribution in [0.5, 0.6) is 0 Å². The molecule has 0 atom stereocenters. The normalized spacial score (nSPS) is 12.9. The van der Waals surface area contributed by atoms with Crippen molar-refractivity contribution in [1.29, 1.82) is 0 Å². The van der Waals surface area contributed by atoms with Gasteiger partial charge in [-0.05, 0) is 245 Å². The molecule has 2 aliphatic rings. The smallest absolute Gasteiger partial charge is 0.137 e. The molecule has 0 N–H and O–H groups in total. The molecule has 0 unspecified atom stereocenters. The number of rotatable bonds is 22. The summed E-state index contributed by atoms with van der Waals surface area (Å²) >= 11 is 0. The Hall–Kier alpha value is -14.3. The van der Waals surface area contributed by atoms with Crippen molar-refractivity contribution in [2.75, 3.05) is 9.80 Å². The number of benzene rings is 16. The van der Waals surface area contributed by atoms with Gasteiger partial charge in [-0.1, -0.05) is 319 Å². The average Bonchev–Trinajstić information content (AvgIpc) is 1.56. The Balaban J connectivity index is 0.631. The Labute approximate surface area is 684 Å². The zero-order valence-electron chi connectivity index (χ0n) is 65.8. The fraction of sp³-hybridized carbons (Fsp3) is 0.0796. The predicted octanol–water partition coefficient (Wildman–Crippen LogP) is 30.2. The second kappa shape index (κ2) is 29.3. The van der Waals surface area contributed by atoms with Gasteiger partial charge in [-0.15, -0.1) is 0 Å². The van der Waals surface area contributed by atoms with Crippen LogP contribution in [0.25, 0.3) is 113 Å². The van der Waals surface area contributed by atoms with E-state index in [4.69, 9.17) is 8.83 Å². The summed E-state index contributed by atoms with van der Waals surface area (Å²) in [6.07, 6.45) is 11.0. The van der Waals surface area contributed by atoms with E-state index in [9.17, 15) is 0 Å². The standard InChI is InChI=1S/C113H86N2O2/c1-7-75-27-35-79(36-28-75)71-112(72-80-37-29-76(8-2)30-38-80)103-23-15-11-19-95(103)97-63-47-85(67-105(97)112)83-43-53-89(54-44-83)114(93-61-65-101-99-21-13-17-25-107(99)116-109(101)69-93)91-57-49-87(50-58-91)111(5,6)88-51-59-92(60-52-88)115(94-62-66-102-100-22-14-18-26-108(100)117-110(102)70-94)90-55-45-84(46-56-90)86-48-64-98-96-20-12-16-24-104(96)113(106(98)68-86,73-81-39-31-77(9-3)32-40-81)74-82-41-33-78(10-4)34-42-82/h7-70H,1-4,71-74H2,5-6H3. The SMILES string of the molecule is C=Cc1ccc(CC2(Cc3ccc(C=C)cc3)c3ccccc3-c3ccc(-c4ccc(N(c5ccc(C(C)(C)c6ccc(N(c7ccc(-c8ccc9c(c8)C(Cc8ccc(C=C)cc8)(Cc8ccc(C=C)cc8)c8ccccc8-9)cc7)c7ccc8c(c7)oc7ccccc78)cc6)cc5)c5ccc6c(c5)oc5ccccc56)cc4)cc32)cc1. The first-order chi connectivity index (χ1) is 57.4. The molecule has 0 spiro atoms. The number of hydrogen-bond donors (Lipinski definition) is 0. The monoisotopic (exact) mass is 1500 g/mol. The summed E-state index contributed by atoms with van der Waals surface area (Å²) in [5, 5.41) is 4.38. The van der Waals surface area contributed by atoms with Crippen LogP contribution in [-0.4, -0.2) is 0 Å². The Morgan fingerprint density at radius 3 is 0.880 bits per heavy atom. The van der Waals surface area contributed by atoms with Crippen LogP contribution < -0.4 is 9.80 Å². The first kappa shape index (κ1) is 71.7. The molecule has 0 fully saturated rings. The molecule has 2 aliphatic carbocycles. The van der Waals surface area contributed by atoms with Crippen LogP contribution in [0, 0.1) is 0 Å². The van der Waals surface area contributed by atoms with Crippen molar-refractivity contribution in [2.24, 2.45) is 0 Å². The van der Waals surface area contributed by atoms with Crippen LogP contribution in [0.1, 0.15) is 91.7 Å². The molecule has 117 heavy (non-hydrogen) atoms. The van der Waals surface area contributed by atoms with Gasteiger partial charge in [-0.3, -0.25) is 0 Å². The van der Waals surface area contributed by atoms with Gasteiger partial charge in [0.25, 0.3) is 0 Å². The zero-order chi connectivity index (χ0) is 78.9. The van der Waals surface area contributed by atoms with Gasteiger partial charge < -0.3 is 18.6 Å². The van der Waals surface area contributed by atoms with Gasteiger partial charge >= 0.3 is 0 Å². The topological polar surface area (TPSA) is 32.8 Å². The highest BCUT2D eigenvalue weighted by atomic mass is 16.3. The lowest BCUT2D eigenvalue weighted by molar-refractivity contribution is 0.520. The van der Waals surface area contributed by atoms with E-state index in [2.05, 4.69) is 402 Å². The molecule has 0 saturated carbocycles. The summed E-state index contributed by atoms with van der Waals surface area (Å²) in [6, 6.07) is 135. The van der Waals surface area contributed by atoms with Crippen molar-refractivity contribution in [3.8, 4) is 44.5 Å². The molecule has 2 aromatic heterocycles. The van der Waals surface area contributed by atoms with E-state index in [0.29, 0.717) is 0 Å². The van der Waals surface area contributed by atoms with E-state index < -0.39 is 5.41 Å². The number of fused-ring (bicyclic) bond motifs is 12. The van der Waals surface area contributed by atoms with Crippen LogP contribution in [0.4, 0.5) is 34.1 Å². The minimum Gasteiger partial charge on any atom is -0.456 e. The summed E-state index contributed by atoms with van der Waals surface area (Å²) in [4.78, 5) is 4.72. The number of hydrogen-bond acceptors (Lipinski definition) is 4. The molecule has 2 heterocycles. The fourth-order valence-corrected chi connectivity index (χ4v) is 19.1. The van der Waals surface area contributed by atoms with Crippen molar-refractivity contribution >= 4 is 102 Å². The van der Waals surface area contributed by atoms with Gasteiger partial charge in [-0.2, -0.15) is 0 Å². The van der Waals surface area contributed by atoms with Crippen molar-refractivity contribution in [3.05, 3.63) is 468 Å². The third-order valence-electron chi connectivity index (χ3n) is 25.3. The Morgan fingerprint density at radius 1 is 0.256 bits per heavy atom. The maximum Gasteiger partial charge on any atom is 0.137 e. The van der Waals surface area contributed by atoms with Gasteiger partial charge in [0.05, 0.1) is 0 Å². The van der Waals surface area contributed by atoms with Gasteiger partial charge in [-0.25, -0.2) is 0 Å². The molecule has 0 saturated heterocycles. The summed E-state index contributed by atoms with van der Waals surface area (Å²) in [5.74, 6) is 0. The van der Waals surface area contributed by atoms with Crippen molar-refractivity contribution in [2.45, 2.75) is 55.8 Å². The Kier molecular flexibility index (Phi) is 17.9. The third-order valence-corrected chi connectivity index (χ3v) is 25.3. The molecule has 16 aromatic carbocycles. The van der Waals surface area contributed by atoms with E-state index in [1.54, 1.807) is 0 Å². The maximum absolute atomic E-state index is 6.62. The van der Waals surface area contributed by atoms with Crippen molar-refractivity contribution < 1.29 is 8.83 Å². The van der Waals surface area contributed by atoms with E-state index in [1.165, 1.54) is 89.0 Å². The third kappa shape index (κ3) is 12.7. The lowest BCUT2D eigenvalue weighted by Crippen LogP contribution is -2.31. The first-order valence-electron chi connectivity index (χ1n) is 40.6. The Bertz CT molecular complexity index is 6350. The highest BCUT2D eigenvalue weighted by molar-refractivity contribution is 6.07. The molecule has 18 aromatic rings. The minimum atomic E-state index is -0.390. The van der Waals surface area contributed by atoms with E-state index in [1.807, 2.05) is 36.4 Å². The molecule has 0 amide bonds. The van der Waals surface area contributed by atoms with Crippen LogP contribution in [0.15, 0.2) is 399 Å². The molecular weight excluding hydrogens is 1420 g/mol. The fourth-order valence-electron chi connectivity index (χ4n) is 19.1. The molecule has 0 aliphatic heterocycles. The second-order valence-corrected chi connectivity index (χ2v) is 32.3. The van der Waals surface area contributed by atoms with Gasteiger partial charge in [0.1, 0.15) is 22.3 Å². The highest BCUT2D eigenvalue weighted by Gasteiger charge is 2.45. The minimum absolute atomic E-state index is 0.342. The van der Waals surface area contributed by atoms with E-state index >= 15 is 0 Å². The zero-order valence-corrected chi connectivity index (χ0v) is 65.8. The van der Waals surface area contributed by atoms with Crippen LogP contribution in [0.3, 0.4) is 0 Å². The second-order valence-electron chi connectivity index (χ2n) is 32.3. The molecular formula is C113H86N2O2. The van der Waals surface area contributed by atoms with Crippen LogP contribution >= 0.6 is 0 Å². The molecule has 560 valence electrons. The average molecular weight is 1500 g/mol. The van der Waals surface area contributed by atoms with Crippen molar-refractivity contribution in [3.63, 3.8) is 0 Å². The molecule has 0 bridgehead atoms. The predicted molar refractivity (Wildman–Crippen MR) is 493 cm³/mol. The number of anilines is 6. The molecule has 20 rings (SSSR count). The summed E-state index contributed by atoms with van der Waals surface area (Å²) in [5.41, 5.74) is 35.7. The largest absolute Gasteiger partial charge is 0.456 e. The van der Waals surface area contributed by atoms with Crippen LogP contribution in [-0.2, 0) is 41.9 Å². The number of para-hydroxylation sites is 2. The quantitative estimate of drug-likeness (QED) is 0.0677. The van der Waals surface area contributed by atoms with Gasteiger partial charge in [0, 0.05) is 84.0 Å². The van der Waals surface area contributed by atoms with Gasteiger partial charge in [0.15, 0.2) is 0 Å². The summed E-state index contributed by atoms with van der Waals surface area (Å²) in [6.45, 7) is 20.9. The molecule has 4 heteroatoms. The lowest BCUT2D eigenvalue weighted by Gasteiger charge is -2.33. The summed E-state index contributed by atoms with van der Waals surface area (Å²) < 4.78 is 13.2. The lowest BCUT2D eigenvalue weighted by atomic mass is 9.69. The van der Waals surface area contributed by atoms with Crippen molar-refractivity contribution in [1.82, 2.24) is 0 Å². The summed E-state index contributed by atoms with van der Waals surface area (Å²) in [7, 11) is 0. The Morgan fingerprint density at radius 2 is 0.538 bits per heavy atom. The molecule has 4 nitrogen and oxygen atoms in total. The highest BCUT2D eigenvalue weighted by Crippen LogP contribution is 2.56. The van der Waals surface area contributed by atoms with Gasteiger partial charge in [0.2, 0.25) is 0 Å².